The van der Waals surface area contributed by atoms with Gasteiger partial charge in [0.1, 0.15) is 17.1 Å². The van der Waals surface area contributed by atoms with Crippen LogP contribution in [0.2, 0.25) is 0 Å². The molecule has 3 N–H and O–H groups in total. The molecule has 0 saturated carbocycles. The summed E-state index contributed by atoms with van der Waals surface area (Å²) in [4.78, 5) is 22.4. The standard InChI is InChI=1S/C12H14N4O4/c1-7-9(11(17)18)5-8(20-7)6-13-12(19)14-10-3-4-16(2)15-10/h3-5H,6H2,1-2H3,(H,17,18)(H2,13,14,15,19). The van der Waals surface area contributed by atoms with Gasteiger partial charge in [0.15, 0.2) is 5.82 Å². The number of aryl methyl sites for hydroxylation is 2. The van der Waals surface area contributed by atoms with Gasteiger partial charge in [-0.3, -0.25) is 10.00 Å². The molecule has 0 aliphatic rings. The molecule has 2 amide bonds. The van der Waals surface area contributed by atoms with Crippen LogP contribution in [-0.2, 0) is 13.6 Å². The van der Waals surface area contributed by atoms with Gasteiger partial charge in [0, 0.05) is 19.3 Å². The summed E-state index contributed by atoms with van der Waals surface area (Å²) in [6.45, 7) is 1.65. The average Bonchev–Trinajstić information content (AvgIpc) is 2.93. The van der Waals surface area contributed by atoms with E-state index in [0.29, 0.717) is 17.3 Å². The fourth-order valence-corrected chi connectivity index (χ4v) is 1.65. The van der Waals surface area contributed by atoms with Crippen LogP contribution in [0.3, 0.4) is 0 Å². The second-order valence-electron chi connectivity index (χ2n) is 4.17. The maximum absolute atomic E-state index is 11.6. The molecular weight excluding hydrogens is 264 g/mol. The van der Waals surface area contributed by atoms with E-state index < -0.39 is 12.0 Å². The molecule has 0 aliphatic heterocycles. The maximum Gasteiger partial charge on any atom is 0.339 e. The van der Waals surface area contributed by atoms with Gasteiger partial charge in [-0.1, -0.05) is 0 Å². The molecule has 106 valence electrons. The highest BCUT2D eigenvalue weighted by Crippen LogP contribution is 2.14. The number of nitrogens with one attached hydrogen (secondary N) is 2. The number of carboxylic acids is 1. The second kappa shape index (κ2) is 5.47. The number of aromatic nitrogens is 2. The summed E-state index contributed by atoms with van der Waals surface area (Å²) in [5.74, 6) is 0.0396. The molecule has 2 aromatic heterocycles. The summed E-state index contributed by atoms with van der Waals surface area (Å²) in [5.41, 5.74) is 0.0898. The first-order valence-corrected chi connectivity index (χ1v) is 5.83. The highest BCUT2D eigenvalue weighted by Gasteiger charge is 2.14. The monoisotopic (exact) mass is 278 g/mol. The minimum absolute atomic E-state index is 0.0898. The molecule has 0 aromatic carbocycles. The van der Waals surface area contributed by atoms with E-state index in [-0.39, 0.29) is 12.1 Å². The second-order valence-corrected chi connectivity index (χ2v) is 4.17. The van der Waals surface area contributed by atoms with Gasteiger partial charge in [-0.15, -0.1) is 0 Å². The highest BCUT2D eigenvalue weighted by atomic mass is 16.4. The fourth-order valence-electron chi connectivity index (χ4n) is 1.65. The van der Waals surface area contributed by atoms with Crippen LogP contribution in [0.25, 0.3) is 0 Å². The summed E-state index contributed by atoms with van der Waals surface area (Å²) in [7, 11) is 1.74. The van der Waals surface area contributed by atoms with Crippen LogP contribution in [0, 0.1) is 6.92 Å². The van der Waals surface area contributed by atoms with Gasteiger partial charge in [0.2, 0.25) is 0 Å². The smallest absolute Gasteiger partial charge is 0.339 e. The highest BCUT2D eigenvalue weighted by molar-refractivity contribution is 5.89. The first kappa shape index (κ1) is 13.7. The summed E-state index contributed by atoms with van der Waals surface area (Å²) in [6, 6.07) is 2.59. The summed E-state index contributed by atoms with van der Waals surface area (Å²) < 4.78 is 6.80. The Hall–Kier alpha value is -2.77. The van der Waals surface area contributed by atoms with Crippen LogP contribution in [0.1, 0.15) is 21.9 Å². The van der Waals surface area contributed by atoms with E-state index in [2.05, 4.69) is 15.7 Å². The van der Waals surface area contributed by atoms with Crippen molar-refractivity contribution in [2.24, 2.45) is 7.05 Å². The predicted molar refractivity (Wildman–Crippen MR) is 69.5 cm³/mol. The van der Waals surface area contributed by atoms with Gasteiger partial charge in [-0.2, -0.15) is 5.10 Å². The zero-order valence-electron chi connectivity index (χ0n) is 11.0. The lowest BCUT2D eigenvalue weighted by Gasteiger charge is -2.03. The number of carbonyl (C=O) groups excluding carboxylic acids is 1. The molecule has 0 atom stereocenters. The van der Waals surface area contributed by atoms with Crippen molar-refractivity contribution in [1.82, 2.24) is 15.1 Å². The molecule has 0 radical (unpaired) electrons. The van der Waals surface area contributed by atoms with E-state index in [9.17, 15) is 9.59 Å². The van der Waals surface area contributed by atoms with Gasteiger partial charge in [-0.25, -0.2) is 9.59 Å². The van der Waals surface area contributed by atoms with Crippen LogP contribution in [0.15, 0.2) is 22.7 Å². The average molecular weight is 278 g/mol. The Morgan fingerprint density at radius 3 is 2.80 bits per heavy atom. The molecule has 20 heavy (non-hydrogen) atoms. The minimum atomic E-state index is -1.06. The number of nitrogens with zero attached hydrogens (tertiary/aromatic N) is 2. The Morgan fingerprint density at radius 2 is 2.25 bits per heavy atom. The van der Waals surface area contributed by atoms with Crippen LogP contribution in [0.5, 0.6) is 0 Å². The zero-order valence-corrected chi connectivity index (χ0v) is 11.0. The minimum Gasteiger partial charge on any atom is -0.478 e. The van der Waals surface area contributed by atoms with Gasteiger partial charge >= 0.3 is 12.0 Å². The summed E-state index contributed by atoms with van der Waals surface area (Å²) in [6.07, 6.45) is 1.70. The fraction of sp³-hybridized carbons (Fsp3) is 0.250. The van der Waals surface area contributed by atoms with Gasteiger partial charge in [-0.05, 0) is 13.0 Å². The Morgan fingerprint density at radius 1 is 1.50 bits per heavy atom. The van der Waals surface area contributed by atoms with E-state index in [1.54, 1.807) is 30.9 Å². The Bertz CT molecular complexity index is 644. The van der Waals surface area contributed by atoms with Crippen molar-refractivity contribution in [3.63, 3.8) is 0 Å². The van der Waals surface area contributed by atoms with Crippen LogP contribution >= 0.6 is 0 Å². The van der Waals surface area contributed by atoms with Crippen molar-refractivity contribution in [2.75, 3.05) is 5.32 Å². The van der Waals surface area contributed by atoms with E-state index >= 15 is 0 Å². The van der Waals surface area contributed by atoms with Crippen molar-refractivity contribution >= 4 is 17.8 Å². The number of rotatable bonds is 4. The van der Waals surface area contributed by atoms with E-state index in [0.717, 1.165) is 0 Å². The molecule has 0 bridgehead atoms. The first-order valence-electron chi connectivity index (χ1n) is 5.83. The van der Waals surface area contributed by atoms with Crippen molar-refractivity contribution in [2.45, 2.75) is 13.5 Å². The third-order valence-electron chi connectivity index (χ3n) is 2.58. The number of amides is 2. The van der Waals surface area contributed by atoms with Crippen LogP contribution < -0.4 is 10.6 Å². The Labute approximate surface area is 114 Å². The predicted octanol–water partition coefficient (Wildman–Crippen LogP) is 1.34. The number of furan rings is 1. The molecule has 2 aromatic rings. The number of hydrogen-bond donors (Lipinski definition) is 3. The van der Waals surface area contributed by atoms with Gasteiger partial charge in [0.05, 0.1) is 6.54 Å². The van der Waals surface area contributed by atoms with Gasteiger partial charge in [0.25, 0.3) is 0 Å². The SMILES string of the molecule is Cc1oc(CNC(=O)Nc2ccn(C)n2)cc1C(=O)O. The van der Waals surface area contributed by atoms with Crippen molar-refractivity contribution in [3.8, 4) is 0 Å². The van der Waals surface area contributed by atoms with Crippen molar-refractivity contribution in [3.05, 3.63) is 35.4 Å². The lowest BCUT2D eigenvalue weighted by molar-refractivity contribution is 0.0695. The van der Waals surface area contributed by atoms with E-state index in [4.69, 9.17) is 9.52 Å². The summed E-state index contributed by atoms with van der Waals surface area (Å²) in [5, 5.41) is 18.0. The number of urea groups is 1. The molecular formula is C12H14N4O4. The quantitative estimate of drug-likeness (QED) is 0.781. The lowest BCUT2D eigenvalue weighted by Crippen LogP contribution is -2.28. The zero-order chi connectivity index (χ0) is 14.7. The molecule has 0 aliphatic carbocycles. The maximum atomic E-state index is 11.6. The third kappa shape index (κ3) is 3.16. The van der Waals surface area contributed by atoms with Crippen molar-refractivity contribution in [1.29, 1.82) is 0 Å². The molecule has 2 rings (SSSR count). The Kier molecular flexibility index (Phi) is 3.74. The van der Waals surface area contributed by atoms with Crippen LogP contribution in [0.4, 0.5) is 10.6 Å². The molecule has 0 unspecified atom stereocenters. The molecule has 0 saturated heterocycles. The van der Waals surface area contributed by atoms with Crippen molar-refractivity contribution < 1.29 is 19.1 Å². The third-order valence-corrected chi connectivity index (χ3v) is 2.58. The molecule has 0 fully saturated rings. The topological polar surface area (TPSA) is 109 Å². The number of anilines is 1. The van der Waals surface area contributed by atoms with Crippen LogP contribution in [-0.4, -0.2) is 26.9 Å². The molecule has 8 nitrogen and oxygen atoms in total. The normalized spacial score (nSPS) is 10.3. The van der Waals surface area contributed by atoms with E-state index in [1.807, 2.05) is 0 Å². The lowest BCUT2D eigenvalue weighted by atomic mass is 10.2. The first-order chi connectivity index (χ1) is 9.45. The Balaban J connectivity index is 1.90. The largest absolute Gasteiger partial charge is 0.478 e. The summed E-state index contributed by atoms with van der Waals surface area (Å²) >= 11 is 0. The number of aromatic carboxylic acids is 1. The molecule has 0 spiro atoms. The molecule has 2 heterocycles. The number of carboxylic acid groups (broad SMARTS) is 1. The molecule has 8 heteroatoms. The number of hydrogen-bond acceptors (Lipinski definition) is 4. The van der Waals surface area contributed by atoms with E-state index in [1.165, 1.54) is 6.07 Å². The van der Waals surface area contributed by atoms with Gasteiger partial charge < -0.3 is 14.8 Å². The number of carbonyl (C=O) groups is 2.